The van der Waals surface area contributed by atoms with Crippen molar-refractivity contribution in [2.24, 2.45) is 5.73 Å². The van der Waals surface area contributed by atoms with Gasteiger partial charge in [-0.1, -0.05) is 81.4 Å². The highest BCUT2D eigenvalue weighted by Crippen LogP contribution is 2.36. The summed E-state index contributed by atoms with van der Waals surface area (Å²) in [7, 11) is -2.69. The van der Waals surface area contributed by atoms with Gasteiger partial charge >= 0.3 is 6.09 Å². The summed E-state index contributed by atoms with van der Waals surface area (Å²) in [5, 5.41) is 5.33. The third kappa shape index (κ3) is 7.69. The molecule has 0 saturated carbocycles. The van der Waals surface area contributed by atoms with E-state index in [1.54, 1.807) is 0 Å². The van der Waals surface area contributed by atoms with E-state index in [1.165, 1.54) is 10.4 Å². The van der Waals surface area contributed by atoms with E-state index in [2.05, 4.69) is 74.6 Å². The number of amides is 1. The van der Waals surface area contributed by atoms with Gasteiger partial charge in [0.1, 0.15) is 5.60 Å². The van der Waals surface area contributed by atoms with Gasteiger partial charge in [-0.3, -0.25) is 0 Å². The van der Waals surface area contributed by atoms with E-state index in [-0.39, 0.29) is 17.1 Å². The van der Waals surface area contributed by atoms with Gasteiger partial charge in [0.2, 0.25) is 0 Å². The van der Waals surface area contributed by atoms with E-state index >= 15 is 0 Å². The molecule has 5 nitrogen and oxygen atoms in total. The fourth-order valence-electron chi connectivity index (χ4n) is 4.12. The van der Waals surface area contributed by atoms with E-state index in [0.29, 0.717) is 6.61 Å². The summed E-state index contributed by atoms with van der Waals surface area (Å²) in [5.41, 5.74) is 5.47. The van der Waals surface area contributed by atoms with Gasteiger partial charge in [-0.05, 0) is 55.9 Å². The molecule has 2 unspecified atom stereocenters. The Morgan fingerprint density at radius 3 is 1.79 bits per heavy atom. The molecule has 0 aliphatic carbocycles. The van der Waals surface area contributed by atoms with E-state index in [9.17, 15) is 4.79 Å². The average Bonchev–Trinajstić information content (AvgIpc) is 2.71. The van der Waals surface area contributed by atoms with Gasteiger partial charge in [0, 0.05) is 6.04 Å². The predicted molar refractivity (Wildman–Crippen MR) is 140 cm³/mol. The van der Waals surface area contributed by atoms with Crippen LogP contribution in [0.15, 0.2) is 60.7 Å². The molecular weight excluding hydrogens is 428 g/mol. The largest absolute Gasteiger partial charge is 0.444 e. The Kier molecular flexibility index (Phi) is 9.29. The lowest BCUT2D eigenvalue weighted by Gasteiger charge is -2.43. The van der Waals surface area contributed by atoms with Crippen molar-refractivity contribution in [2.75, 3.05) is 6.61 Å². The van der Waals surface area contributed by atoms with Crippen molar-refractivity contribution in [3.8, 4) is 0 Å². The van der Waals surface area contributed by atoms with Gasteiger partial charge in [-0.15, -0.1) is 0 Å². The fraction of sp³-hybridized carbons (Fsp3) is 0.519. The zero-order chi connectivity index (χ0) is 24.7. The van der Waals surface area contributed by atoms with Crippen molar-refractivity contribution in [2.45, 2.75) is 84.0 Å². The van der Waals surface area contributed by atoms with Crippen LogP contribution in [0.3, 0.4) is 0 Å². The second-order valence-electron chi connectivity index (χ2n) is 10.9. The molecule has 0 radical (unpaired) electrons. The molecule has 0 aliphatic heterocycles. The highest BCUT2D eigenvalue weighted by Gasteiger charge is 2.50. The molecule has 2 aromatic rings. The maximum Gasteiger partial charge on any atom is 0.407 e. The first-order chi connectivity index (χ1) is 15.3. The highest BCUT2D eigenvalue weighted by molar-refractivity contribution is 6.99. The quantitative estimate of drug-likeness (QED) is 0.526. The summed E-state index contributed by atoms with van der Waals surface area (Å²) in [6.07, 6.45) is 1.07. The van der Waals surface area contributed by atoms with E-state index < -0.39 is 20.0 Å². The average molecular weight is 471 g/mol. The van der Waals surface area contributed by atoms with Gasteiger partial charge in [-0.25, -0.2) is 4.79 Å². The Labute approximate surface area is 201 Å². The van der Waals surface area contributed by atoms with Crippen LogP contribution in [0.4, 0.5) is 4.79 Å². The van der Waals surface area contributed by atoms with Gasteiger partial charge in [0.15, 0.2) is 0 Å². The van der Waals surface area contributed by atoms with Gasteiger partial charge in [0.25, 0.3) is 8.32 Å². The number of hydrogen-bond acceptors (Lipinski definition) is 4. The first-order valence-electron chi connectivity index (χ1n) is 11.9. The van der Waals surface area contributed by atoms with Crippen molar-refractivity contribution in [1.82, 2.24) is 5.32 Å². The lowest BCUT2D eigenvalue weighted by molar-refractivity contribution is 0.0481. The molecule has 2 atom stereocenters. The molecule has 0 saturated heterocycles. The van der Waals surface area contributed by atoms with Crippen molar-refractivity contribution in [3.63, 3.8) is 0 Å². The zero-order valence-corrected chi connectivity index (χ0v) is 22.4. The van der Waals surface area contributed by atoms with Crippen molar-refractivity contribution in [3.05, 3.63) is 60.7 Å². The molecule has 0 bridgehead atoms. The van der Waals surface area contributed by atoms with Crippen LogP contribution in [0.1, 0.15) is 61.3 Å². The minimum atomic E-state index is -2.69. The number of alkyl carbamates (subject to hydrolysis) is 1. The molecule has 0 aliphatic rings. The molecule has 0 heterocycles. The first kappa shape index (κ1) is 27.1. The summed E-state index contributed by atoms with van der Waals surface area (Å²) in [6.45, 7) is 14.7. The molecule has 182 valence electrons. The van der Waals surface area contributed by atoms with Crippen LogP contribution in [-0.4, -0.2) is 38.7 Å². The number of carbonyl (C=O) groups is 1. The predicted octanol–water partition coefficient (Wildman–Crippen LogP) is 4.58. The monoisotopic (exact) mass is 470 g/mol. The summed E-state index contributed by atoms with van der Waals surface area (Å²) < 4.78 is 12.5. The smallest absolute Gasteiger partial charge is 0.407 e. The van der Waals surface area contributed by atoms with E-state index in [4.69, 9.17) is 14.9 Å². The number of carbonyl (C=O) groups excluding carboxylic acids is 1. The Morgan fingerprint density at radius 1 is 0.909 bits per heavy atom. The van der Waals surface area contributed by atoms with Crippen LogP contribution >= 0.6 is 0 Å². The second-order valence-corrected chi connectivity index (χ2v) is 15.2. The maximum absolute atomic E-state index is 12.6. The first-order valence-corrected chi connectivity index (χ1v) is 13.8. The number of nitrogens with two attached hydrogens (primary N) is 1. The molecule has 0 fully saturated rings. The molecule has 33 heavy (non-hydrogen) atoms. The SMILES string of the molecule is CC(N)CCC(CO[Si](c1ccccc1)(c1ccccc1)C(C)(C)C)NC(=O)OC(C)(C)C. The molecule has 0 spiro atoms. The third-order valence-electron chi connectivity index (χ3n) is 5.61. The molecule has 2 rings (SSSR count). The minimum absolute atomic E-state index is 0.0424. The van der Waals surface area contributed by atoms with Gasteiger partial charge < -0.3 is 20.2 Å². The van der Waals surface area contributed by atoms with Crippen LogP contribution < -0.4 is 21.4 Å². The molecule has 2 aromatic carbocycles. The van der Waals surface area contributed by atoms with Crippen LogP contribution in [0.2, 0.25) is 5.04 Å². The molecule has 3 N–H and O–H groups in total. The summed E-state index contributed by atoms with van der Waals surface area (Å²) in [5.74, 6) is 0. The minimum Gasteiger partial charge on any atom is -0.444 e. The number of ether oxygens (including phenoxy) is 1. The summed E-state index contributed by atoms with van der Waals surface area (Å²) in [6, 6.07) is 20.9. The molecule has 6 heteroatoms. The fourth-order valence-corrected chi connectivity index (χ4v) is 8.73. The third-order valence-corrected chi connectivity index (χ3v) is 10.6. The Hall–Kier alpha value is -2.15. The van der Waals surface area contributed by atoms with E-state index in [0.717, 1.165) is 12.8 Å². The van der Waals surface area contributed by atoms with Crippen molar-refractivity contribution in [1.29, 1.82) is 0 Å². The standard InChI is InChI=1S/C27H42N2O3Si/c1-21(28)18-19-22(29-25(30)32-26(2,3)4)20-31-33(27(5,6)7,23-14-10-8-11-15-23)24-16-12-9-13-17-24/h8-17,21-22H,18-20,28H2,1-7H3,(H,29,30). The summed E-state index contributed by atoms with van der Waals surface area (Å²) >= 11 is 0. The zero-order valence-electron chi connectivity index (χ0n) is 21.4. The van der Waals surface area contributed by atoms with Gasteiger partial charge in [0.05, 0.1) is 12.6 Å². The van der Waals surface area contributed by atoms with Crippen LogP contribution in [-0.2, 0) is 9.16 Å². The van der Waals surface area contributed by atoms with Crippen LogP contribution in [0.5, 0.6) is 0 Å². The van der Waals surface area contributed by atoms with Crippen molar-refractivity contribution < 1.29 is 14.0 Å². The normalized spacial score (nSPS) is 14.4. The number of hydrogen-bond donors (Lipinski definition) is 2. The second kappa shape index (κ2) is 11.3. The van der Waals surface area contributed by atoms with E-state index in [1.807, 2.05) is 39.8 Å². The molecular formula is C27H42N2O3Si. The van der Waals surface area contributed by atoms with Crippen LogP contribution in [0.25, 0.3) is 0 Å². The number of nitrogens with one attached hydrogen (secondary N) is 1. The molecule has 1 amide bonds. The lowest BCUT2D eigenvalue weighted by atomic mass is 10.1. The Balaban J connectivity index is 2.41. The lowest BCUT2D eigenvalue weighted by Crippen LogP contribution is -2.67. The Bertz CT molecular complexity index is 819. The van der Waals surface area contributed by atoms with Crippen molar-refractivity contribution >= 4 is 24.8 Å². The number of rotatable bonds is 9. The molecule has 0 aromatic heterocycles. The highest BCUT2D eigenvalue weighted by atomic mass is 28.4. The van der Waals surface area contributed by atoms with Crippen LogP contribution in [0, 0.1) is 0 Å². The maximum atomic E-state index is 12.6. The summed E-state index contributed by atoms with van der Waals surface area (Å²) in [4.78, 5) is 12.6. The topological polar surface area (TPSA) is 73.6 Å². The Morgan fingerprint density at radius 2 is 1.39 bits per heavy atom. The van der Waals surface area contributed by atoms with Gasteiger partial charge in [-0.2, -0.15) is 0 Å². The number of benzene rings is 2.